The predicted octanol–water partition coefficient (Wildman–Crippen LogP) is 3.28. The molecule has 0 spiro atoms. The molecule has 0 saturated heterocycles. The summed E-state index contributed by atoms with van der Waals surface area (Å²) in [6.45, 7) is 4.39. The molecule has 80 valence electrons. The summed E-state index contributed by atoms with van der Waals surface area (Å²) in [5.74, 6) is 1.76. The van der Waals surface area contributed by atoms with E-state index in [1.54, 1.807) is 0 Å². The van der Waals surface area contributed by atoms with Gasteiger partial charge in [-0.15, -0.1) is 11.8 Å². The van der Waals surface area contributed by atoms with Crippen LogP contribution in [0.25, 0.3) is 0 Å². The van der Waals surface area contributed by atoms with Crippen LogP contribution in [0.2, 0.25) is 0 Å². The molecule has 0 heterocycles. The summed E-state index contributed by atoms with van der Waals surface area (Å²) in [4.78, 5) is 12.1. The number of hydrogen-bond acceptors (Lipinski definition) is 2. The first-order valence-corrected chi connectivity index (χ1v) is 6.82. The average Bonchev–Trinajstić information content (AvgIpc) is 2.44. The summed E-state index contributed by atoms with van der Waals surface area (Å²) in [5.41, 5.74) is 0. The fraction of sp³-hybridized carbons (Fsp3) is 0.917. The highest BCUT2D eigenvalue weighted by molar-refractivity contribution is 8.01. The topological polar surface area (TPSA) is 17.1 Å². The van der Waals surface area contributed by atoms with Gasteiger partial charge in [0.05, 0.1) is 5.25 Å². The molecule has 2 aliphatic carbocycles. The van der Waals surface area contributed by atoms with E-state index in [1.807, 2.05) is 11.8 Å². The van der Waals surface area contributed by atoms with E-state index in [0.29, 0.717) is 22.2 Å². The Labute approximate surface area is 91.0 Å². The highest BCUT2D eigenvalue weighted by Crippen LogP contribution is 2.44. The molecule has 1 nitrogen and oxygen atoms in total. The van der Waals surface area contributed by atoms with E-state index < -0.39 is 0 Å². The zero-order chi connectivity index (χ0) is 10.1. The first kappa shape index (κ1) is 10.5. The van der Waals surface area contributed by atoms with Crippen molar-refractivity contribution < 1.29 is 4.79 Å². The zero-order valence-electron chi connectivity index (χ0n) is 9.16. The molecule has 0 aromatic heterocycles. The van der Waals surface area contributed by atoms with E-state index in [-0.39, 0.29) is 0 Å². The molecule has 2 aliphatic rings. The van der Waals surface area contributed by atoms with E-state index in [0.717, 1.165) is 5.92 Å². The minimum absolute atomic E-state index is 0.336. The number of Topliss-reactive ketones (excluding diaryl/α,β-unsaturated/α-hetero) is 1. The van der Waals surface area contributed by atoms with E-state index in [9.17, 15) is 4.79 Å². The predicted molar refractivity (Wildman–Crippen MR) is 61.6 cm³/mol. The lowest BCUT2D eigenvalue weighted by Gasteiger charge is -2.22. The van der Waals surface area contributed by atoms with Crippen molar-refractivity contribution in [1.82, 2.24) is 0 Å². The molecule has 0 aromatic carbocycles. The maximum absolute atomic E-state index is 12.1. The lowest BCUT2D eigenvalue weighted by molar-refractivity contribution is -0.121. The van der Waals surface area contributed by atoms with Crippen LogP contribution in [-0.2, 0) is 4.79 Å². The minimum Gasteiger partial charge on any atom is -0.298 e. The number of ketones is 1. The van der Waals surface area contributed by atoms with Crippen molar-refractivity contribution in [3.05, 3.63) is 0 Å². The van der Waals surface area contributed by atoms with Crippen LogP contribution in [0.5, 0.6) is 0 Å². The number of hydrogen-bond donors (Lipinski definition) is 0. The molecular formula is C12H20OS. The summed E-state index contributed by atoms with van der Waals surface area (Å²) in [5, 5.41) is 0.937. The molecule has 3 unspecified atom stereocenters. The lowest BCUT2D eigenvalue weighted by Crippen LogP contribution is -2.21. The van der Waals surface area contributed by atoms with Gasteiger partial charge in [0, 0.05) is 5.92 Å². The number of fused-ring (bicyclic) bond motifs is 1. The quantitative estimate of drug-likeness (QED) is 0.699. The first-order chi connectivity index (χ1) is 6.68. The van der Waals surface area contributed by atoms with Crippen molar-refractivity contribution in [2.45, 2.75) is 56.5 Å². The second kappa shape index (κ2) is 4.26. The van der Waals surface area contributed by atoms with Crippen molar-refractivity contribution >= 4 is 17.5 Å². The smallest absolute Gasteiger partial charge is 0.149 e. The van der Waals surface area contributed by atoms with Crippen molar-refractivity contribution in [2.75, 3.05) is 0 Å². The summed E-state index contributed by atoms with van der Waals surface area (Å²) in [6.07, 6.45) is 6.30. The summed E-state index contributed by atoms with van der Waals surface area (Å²) in [6, 6.07) is 0. The Morgan fingerprint density at radius 1 is 1.29 bits per heavy atom. The molecule has 0 radical (unpaired) electrons. The third-order valence-electron chi connectivity index (χ3n) is 3.55. The number of thioether (sulfide) groups is 1. The number of rotatable bonds is 2. The van der Waals surface area contributed by atoms with Gasteiger partial charge in [-0.1, -0.05) is 26.7 Å². The van der Waals surface area contributed by atoms with Gasteiger partial charge in [-0.3, -0.25) is 4.79 Å². The van der Waals surface area contributed by atoms with Gasteiger partial charge in [0.1, 0.15) is 5.78 Å². The molecule has 2 heteroatoms. The third-order valence-corrected chi connectivity index (χ3v) is 4.84. The van der Waals surface area contributed by atoms with E-state index in [4.69, 9.17) is 0 Å². The maximum Gasteiger partial charge on any atom is 0.149 e. The van der Waals surface area contributed by atoms with Crippen molar-refractivity contribution in [3.63, 3.8) is 0 Å². The Bertz CT molecular complexity index is 224. The summed E-state index contributed by atoms with van der Waals surface area (Å²) in [7, 11) is 0. The Balaban J connectivity index is 1.99. The van der Waals surface area contributed by atoms with Gasteiger partial charge in [0.15, 0.2) is 0 Å². The zero-order valence-corrected chi connectivity index (χ0v) is 9.98. The Morgan fingerprint density at radius 2 is 2.00 bits per heavy atom. The van der Waals surface area contributed by atoms with E-state index in [2.05, 4.69) is 13.8 Å². The van der Waals surface area contributed by atoms with Crippen LogP contribution in [0.3, 0.4) is 0 Å². The number of carbonyl (C=O) groups is 1. The molecular weight excluding hydrogens is 192 g/mol. The van der Waals surface area contributed by atoms with E-state index in [1.165, 1.54) is 32.1 Å². The fourth-order valence-corrected chi connectivity index (χ4v) is 4.27. The molecule has 0 N–H and O–H groups in total. The normalized spacial score (nSPS) is 37.6. The van der Waals surface area contributed by atoms with Crippen LogP contribution in [0.15, 0.2) is 0 Å². The van der Waals surface area contributed by atoms with Gasteiger partial charge in [-0.25, -0.2) is 0 Å². The van der Waals surface area contributed by atoms with Crippen molar-refractivity contribution in [2.24, 2.45) is 11.8 Å². The van der Waals surface area contributed by atoms with Gasteiger partial charge in [-0.05, 0) is 30.4 Å². The molecule has 2 saturated carbocycles. The monoisotopic (exact) mass is 212 g/mol. The highest BCUT2D eigenvalue weighted by atomic mass is 32.2. The van der Waals surface area contributed by atoms with Gasteiger partial charge < -0.3 is 0 Å². The van der Waals surface area contributed by atoms with Crippen LogP contribution in [-0.4, -0.2) is 16.3 Å². The molecule has 2 rings (SSSR count). The lowest BCUT2D eigenvalue weighted by atomic mass is 9.81. The van der Waals surface area contributed by atoms with Crippen LogP contribution in [0, 0.1) is 11.8 Å². The SMILES string of the molecule is CC(C)SC1CC2CCCCC2C1=O. The van der Waals surface area contributed by atoms with Crippen LogP contribution < -0.4 is 0 Å². The highest BCUT2D eigenvalue weighted by Gasteiger charge is 2.43. The molecule has 3 atom stereocenters. The van der Waals surface area contributed by atoms with Crippen LogP contribution in [0.1, 0.15) is 46.0 Å². The van der Waals surface area contributed by atoms with Crippen LogP contribution >= 0.6 is 11.8 Å². The standard InChI is InChI=1S/C12H20OS/c1-8(2)14-11-7-9-5-3-4-6-10(9)12(11)13/h8-11H,3-7H2,1-2H3. The molecule has 0 aromatic rings. The van der Waals surface area contributed by atoms with Gasteiger partial charge >= 0.3 is 0 Å². The Kier molecular flexibility index (Phi) is 3.20. The molecule has 0 aliphatic heterocycles. The summed E-state index contributed by atoms with van der Waals surface area (Å²) < 4.78 is 0. The average molecular weight is 212 g/mol. The number of carbonyl (C=O) groups excluding carboxylic acids is 1. The Morgan fingerprint density at radius 3 is 2.64 bits per heavy atom. The van der Waals surface area contributed by atoms with Gasteiger partial charge in [0.2, 0.25) is 0 Å². The van der Waals surface area contributed by atoms with Crippen molar-refractivity contribution in [3.8, 4) is 0 Å². The largest absolute Gasteiger partial charge is 0.298 e. The minimum atomic E-state index is 0.336. The van der Waals surface area contributed by atoms with Gasteiger partial charge in [0.25, 0.3) is 0 Å². The third kappa shape index (κ3) is 2.00. The van der Waals surface area contributed by atoms with E-state index >= 15 is 0 Å². The maximum atomic E-state index is 12.1. The fourth-order valence-electron chi connectivity index (χ4n) is 2.95. The van der Waals surface area contributed by atoms with Gasteiger partial charge in [-0.2, -0.15) is 0 Å². The summed E-state index contributed by atoms with van der Waals surface area (Å²) >= 11 is 1.89. The van der Waals surface area contributed by atoms with Crippen molar-refractivity contribution in [1.29, 1.82) is 0 Å². The Hall–Kier alpha value is 0.0200. The molecule has 14 heavy (non-hydrogen) atoms. The second-order valence-electron chi connectivity index (χ2n) is 4.96. The second-order valence-corrected chi connectivity index (χ2v) is 6.75. The molecule has 0 amide bonds. The molecule has 0 bridgehead atoms. The van der Waals surface area contributed by atoms with Crippen LogP contribution in [0.4, 0.5) is 0 Å². The molecule has 2 fully saturated rings. The first-order valence-electron chi connectivity index (χ1n) is 5.87.